The molecule has 0 aliphatic carbocycles. The van der Waals surface area contributed by atoms with Gasteiger partial charge < -0.3 is 10.1 Å². The summed E-state index contributed by atoms with van der Waals surface area (Å²) in [6.45, 7) is 0. The molecule has 3 aromatic carbocycles. The topological polar surface area (TPSA) is 84.5 Å². The number of anilines is 1. The SMILES string of the molecule is COc1cc(NC(=O)NS(=O)(=O)c2ccccc2Cl)ccc1-c1ccccc1. The molecule has 2 N–H and O–H groups in total. The lowest BCUT2D eigenvalue weighted by atomic mass is 10.0. The molecule has 8 heteroatoms. The van der Waals surface area contributed by atoms with Gasteiger partial charge in [0, 0.05) is 17.3 Å². The van der Waals surface area contributed by atoms with Crippen molar-refractivity contribution in [1.82, 2.24) is 4.72 Å². The molecule has 0 spiro atoms. The number of urea groups is 1. The molecule has 0 aliphatic heterocycles. The Balaban J connectivity index is 1.78. The first kappa shape index (κ1) is 19.7. The van der Waals surface area contributed by atoms with Crippen molar-refractivity contribution in [3.63, 3.8) is 0 Å². The highest BCUT2D eigenvalue weighted by Gasteiger charge is 2.20. The molecule has 2 amide bonds. The van der Waals surface area contributed by atoms with E-state index in [-0.39, 0.29) is 9.92 Å². The van der Waals surface area contributed by atoms with Gasteiger partial charge in [-0.1, -0.05) is 54.1 Å². The van der Waals surface area contributed by atoms with Gasteiger partial charge in [-0.05, 0) is 29.8 Å². The van der Waals surface area contributed by atoms with Crippen molar-refractivity contribution in [2.24, 2.45) is 0 Å². The molecule has 0 aliphatic rings. The van der Waals surface area contributed by atoms with Gasteiger partial charge in [-0.15, -0.1) is 0 Å². The number of hydrogen-bond donors (Lipinski definition) is 2. The van der Waals surface area contributed by atoms with Crippen molar-refractivity contribution in [3.05, 3.63) is 77.8 Å². The number of methoxy groups -OCH3 is 1. The van der Waals surface area contributed by atoms with Crippen LogP contribution in [0.2, 0.25) is 5.02 Å². The number of sulfonamides is 1. The van der Waals surface area contributed by atoms with Crippen molar-refractivity contribution in [1.29, 1.82) is 0 Å². The fourth-order valence-electron chi connectivity index (χ4n) is 2.62. The normalized spacial score (nSPS) is 10.9. The first-order chi connectivity index (χ1) is 13.4. The lowest BCUT2D eigenvalue weighted by Gasteiger charge is -2.13. The van der Waals surface area contributed by atoms with Crippen molar-refractivity contribution >= 4 is 33.3 Å². The Bertz CT molecular complexity index is 1100. The van der Waals surface area contributed by atoms with E-state index < -0.39 is 16.1 Å². The quantitative estimate of drug-likeness (QED) is 0.640. The Hall–Kier alpha value is -3.03. The minimum absolute atomic E-state index is 0.0247. The fourth-order valence-corrected chi connectivity index (χ4v) is 4.05. The number of halogens is 1. The molecule has 0 unspecified atom stereocenters. The Morgan fingerprint density at radius 1 is 0.964 bits per heavy atom. The second-order valence-corrected chi connectivity index (χ2v) is 7.83. The number of benzene rings is 3. The van der Waals surface area contributed by atoms with Crippen molar-refractivity contribution < 1.29 is 17.9 Å². The largest absolute Gasteiger partial charge is 0.496 e. The molecular weight excluding hydrogens is 400 g/mol. The Morgan fingerprint density at radius 3 is 2.32 bits per heavy atom. The van der Waals surface area contributed by atoms with Crippen LogP contribution in [0.1, 0.15) is 0 Å². The summed E-state index contributed by atoms with van der Waals surface area (Å²) in [5.41, 5.74) is 2.18. The van der Waals surface area contributed by atoms with Gasteiger partial charge in [0.2, 0.25) is 0 Å². The van der Waals surface area contributed by atoms with E-state index in [0.29, 0.717) is 11.4 Å². The minimum atomic E-state index is -4.10. The molecule has 144 valence electrons. The Kier molecular flexibility index (Phi) is 5.87. The molecular formula is C20H17ClN2O4S. The van der Waals surface area contributed by atoms with Crippen molar-refractivity contribution in [3.8, 4) is 16.9 Å². The van der Waals surface area contributed by atoms with Gasteiger partial charge in [0.1, 0.15) is 10.6 Å². The summed E-state index contributed by atoms with van der Waals surface area (Å²) in [5, 5.41) is 2.51. The maximum atomic E-state index is 12.3. The standard InChI is InChI=1S/C20H17ClN2O4S/c1-27-18-13-15(11-12-16(18)14-7-3-2-4-8-14)22-20(24)23-28(25,26)19-10-6-5-9-17(19)21/h2-13H,1H3,(H2,22,23,24). The van der Waals surface area contributed by atoms with E-state index in [1.54, 1.807) is 24.3 Å². The number of hydrogen-bond acceptors (Lipinski definition) is 4. The van der Waals surface area contributed by atoms with Crippen LogP contribution in [0.25, 0.3) is 11.1 Å². The molecule has 0 fully saturated rings. The molecule has 3 aromatic rings. The van der Waals surface area contributed by atoms with E-state index in [0.717, 1.165) is 11.1 Å². The first-order valence-corrected chi connectivity index (χ1v) is 10.1. The van der Waals surface area contributed by atoms with Crippen LogP contribution in [0.4, 0.5) is 10.5 Å². The van der Waals surface area contributed by atoms with Crippen LogP contribution in [0.3, 0.4) is 0 Å². The molecule has 0 atom stereocenters. The molecule has 0 radical (unpaired) electrons. The third kappa shape index (κ3) is 4.44. The molecule has 3 rings (SSSR count). The summed E-state index contributed by atoms with van der Waals surface area (Å²) in [6, 6.07) is 19.6. The maximum absolute atomic E-state index is 12.3. The van der Waals surface area contributed by atoms with Crippen molar-refractivity contribution in [2.45, 2.75) is 4.90 Å². The highest BCUT2D eigenvalue weighted by molar-refractivity contribution is 7.90. The van der Waals surface area contributed by atoms with Gasteiger partial charge in [0.15, 0.2) is 0 Å². The highest BCUT2D eigenvalue weighted by atomic mass is 35.5. The number of rotatable bonds is 5. The molecule has 0 heterocycles. The highest BCUT2D eigenvalue weighted by Crippen LogP contribution is 2.32. The zero-order valence-electron chi connectivity index (χ0n) is 14.8. The molecule has 6 nitrogen and oxygen atoms in total. The maximum Gasteiger partial charge on any atom is 0.333 e. The number of carbonyl (C=O) groups excluding carboxylic acids is 1. The van der Waals surface area contributed by atoms with Crippen LogP contribution >= 0.6 is 11.6 Å². The summed E-state index contributed by atoms with van der Waals surface area (Å²) in [6.07, 6.45) is 0. The monoisotopic (exact) mass is 416 g/mol. The number of amides is 2. The molecule has 28 heavy (non-hydrogen) atoms. The number of ether oxygens (including phenoxy) is 1. The van der Waals surface area contributed by atoms with Gasteiger partial charge in [-0.3, -0.25) is 0 Å². The predicted octanol–water partition coefficient (Wildman–Crippen LogP) is 4.53. The van der Waals surface area contributed by atoms with Crippen LogP contribution in [-0.2, 0) is 10.0 Å². The second-order valence-electron chi connectivity index (χ2n) is 5.77. The predicted molar refractivity (Wildman–Crippen MR) is 109 cm³/mol. The third-order valence-corrected chi connectivity index (χ3v) is 5.73. The van der Waals surface area contributed by atoms with E-state index in [2.05, 4.69) is 5.32 Å². The average Bonchev–Trinajstić information content (AvgIpc) is 2.68. The van der Waals surface area contributed by atoms with E-state index in [9.17, 15) is 13.2 Å². The van der Waals surface area contributed by atoms with E-state index in [1.165, 1.54) is 25.3 Å². The van der Waals surface area contributed by atoms with E-state index in [1.807, 2.05) is 35.1 Å². The Labute approximate surface area is 168 Å². The lowest BCUT2D eigenvalue weighted by molar-refractivity contribution is 0.256. The number of nitrogens with one attached hydrogen (secondary N) is 2. The van der Waals surface area contributed by atoms with Gasteiger partial charge in [0.05, 0.1) is 12.1 Å². The van der Waals surface area contributed by atoms with E-state index >= 15 is 0 Å². The fraction of sp³-hybridized carbons (Fsp3) is 0.0500. The van der Waals surface area contributed by atoms with Crippen LogP contribution in [-0.4, -0.2) is 21.6 Å². The molecule has 0 saturated carbocycles. The van der Waals surface area contributed by atoms with Gasteiger partial charge in [-0.2, -0.15) is 0 Å². The van der Waals surface area contributed by atoms with Gasteiger partial charge >= 0.3 is 6.03 Å². The van der Waals surface area contributed by atoms with Crippen LogP contribution in [0.5, 0.6) is 5.75 Å². The summed E-state index contributed by atoms with van der Waals surface area (Å²) < 4.78 is 32.0. The van der Waals surface area contributed by atoms with Crippen molar-refractivity contribution in [2.75, 3.05) is 12.4 Å². The van der Waals surface area contributed by atoms with Crippen LogP contribution < -0.4 is 14.8 Å². The Morgan fingerprint density at radius 2 is 1.64 bits per heavy atom. The van der Waals surface area contributed by atoms with Crippen LogP contribution in [0.15, 0.2) is 77.7 Å². The molecule has 0 aromatic heterocycles. The average molecular weight is 417 g/mol. The summed E-state index contributed by atoms with van der Waals surface area (Å²) in [7, 11) is -2.58. The third-order valence-electron chi connectivity index (χ3n) is 3.90. The minimum Gasteiger partial charge on any atom is -0.496 e. The zero-order chi connectivity index (χ0) is 20.1. The van der Waals surface area contributed by atoms with Gasteiger partial charge in [-0.25, -0.2) is 17.9 Å². The molecule has 0 bridgehead atoms. The number of carbonyl (C=O) groups is 1. The zero-order valence-corrected chi connectivity index (χ0v) is 16.4. The lowest BCUT2D eigenvalue weighted by Crippen LogP contribution is -2.34. The summed E-state index contributed by atoms with van der Waals surface area (Å²) in [4.78, 5) is 12.0. The summed E-state index contributed by atoms with van der Waals surface area (Å²) in [5.74, 6) is 0.540. The van der Waals surface area contributed by atoms with Gasteiger partial charge in [0.25, 0.3) is 10.0 Å². The summed E-state index contributed by atoms with van der Waals surface area (Å²) >= 11 is 5.90. The van der Waals surface area contributed by atoms with Crippen LogP contribution in [0, 0.1) is 0 Å². The second kappa shape index (κ2) is 8.33. The first-order valence-electron chi connectivity index (χ1n) is 8.22. The smallest absolute Gasteiger partial charge is 0.333 e. The van der Waals surface area contributed by atoms with E-state index in [4.69, 9.17) is 16.3 Å². The molecule has 0 saturated heterocycles.